The summed E-state index contributed by atoms with van der Waals surface area (Å²) in [6.07, 6.45) is 1.74. The van der Waals surface area contributed by atoms with Crippen LogP contribution in [0.5, 0.6) is 5.75 Å². The first kappa shape index (κ1) is 15.6. The maximum Gasteiger partial charge on any atom is 0.136 e. The third-order valence-corrected chi connectivity index (χ3v) is 3.79. The van der Waals surface area contributed by atoms with Crippen molar-refractivity contribution in [2.75, 3.05) is 6.61 Å². The molecule has 2 heterocycles. The topological polar surface area (TPSA) is 84.2 Å². The predicted molar refractivity (Wildman–Crippen MR) is 86.5 cm³/mol. The Labute approximate surface area is 134 Å². The highest BCUT2D eigenvalue weighted by Crippen LogP contribution is 2.27. The van der Waals surface area contributed by atoms with Crippen LogP contribution in [-0.4, -0.2) is 33.2 Å². The van der Waals surface area contributed by atoms with Crippen LogP contribution in [0.15, 0.2) is 28.8 Å². The highest BCUT2D eigenvalue weighted by molar-refractivity contribution is 5.87. The summed E-state index contributed by atoms with van der Waals surface area (Å²) < 4.78 is 10.9. The van der Waals surface area contributed by atoms with Crippen molar-refractivity contribution >= 4 is 10.9 Å². The lowest BCUT2D eigenvalue weighted by Crippen LogP contribution is -2.17. The molecule has 0 aliphatic carbocycles. The van der Waals surface area contributed by atoms with Crippen LogP contribution in [0.2, 0.25) is 0 Å². The number of aromatic nitrogens is 3. The summed E-state index contributed by atoms with van der Waals surface area (Å²) in [4.78, 5) is 0. The fourth-order valence-corrected chi connectivity index (χ4v) is 2.63. The van der Waals surface area contributed by atoms with Crippen molar-refractivity contribution < 1.29 is 14.4 Å². The van der Waals surface area contributed by atoms with Crippen LogP contribution in [0, 0.1) is 13.8 Å². The Morgan fingerprint density at radius 3 is 3.00 bits per heavy atom. The van der Waals surface area contributed by atoms with E-state index in [4.69, 9.17) is 9.26 Å². The third-order valence-electron chi connectivity index (χ3n) is 3.79. The minimum Gasteiger partial charge on any atom is -0.490 e. The molecule has 0 aliphatic heterocycles. The molecule has 122 valence electrons. The van der Waals surface area contributed by atoms with E-state index in [1.54, 1.807) is 0 Å². The molecule has 23 heavy (non-hydrogen) atoms. The van der Waals surface area contributed by atoms with Gasteiger partial charge in [-0.15, -0.1) is 0 Å². The van der Waals surface area contributed by atoms with E-state index in [-0.39, 0.29) is 6.61 Å². The summed E-state index contributed by atoms with van der Waals surface area (Å²) >= 11 is 0. The van der Waals surface area contributed by atoms with Crippen molar-refractivity contribution in [2.24, 2.45) is 0 Å². The van der Waals surface area contributed by atoms with E-state index in [1.807, 2.05) is 38.1 Å². The molecule has 0 aliphatic rings. The van der Waals surface area contributed by atoms with E-state index in [9.17, 15) is 5.11 Å². The first-order valence-electron chi connectivity index (χ1n) is 7.80. The lowest BCUT2D eigenvalue weighted by Gasteiger charge is -2.12. The minimum atomic E-state index is -0.513. The highest BCUT2D eigenvalue weighted by atomic mass is 16.5. The number of benzene rings is 1. The quantitative estimate of drug-likeness (QED) is 0.700. The summed E-state index contributed by atoms with van der Waals surface area (Å²) in [6.45, 7) is 4.12. The molecule has 3 rings (SSSR count). The second kappa shape index (κ2) is 6.83. The maximum absolute atomic E-state index is 10.1. The Hall–Kier alpha value is -2.34. The molecule has 2 aromatic heterocycles. The zero-order valence-corrected chi connectivity index (χ0v) is 13.4. The van der Waals surface area contributed by atoms with E-state index in [0.717, 1.165) is 46.6 Å². The fraction of sp³-hybridized carbons (Fsp3) is 0.412. The number of fused-ring (bicyclic) bond motifs is 1. The van der Waals surface area contributed by atoms with Crippen molar-refractivity contribution in [3.05, 3.63) is 41.4 Å². The SMILES string of the molecule is Cc1cc(CCC[C@H](O)COc2cccc3n[nH]c(C)c23)on1. The standard InChI is InChI=1S/C17H21N3O3/c1-11-9-14(23-20-11)6-3-5-13(21)10-22-16-8-4-7-15-17(16)12(2)18-19-15/h4,7-9,13,21H,3,5-6,10H2,1-2H3,(H,18,19)/t13-/m0/s1. The average Bonchev–Trinajstić information content (AvgIpc) is 3.12. The zero-order valence-electron chi connectivity index (χ0n) is 13.4. The molecule has 6 heteroatoms. The van der Waals surface area contributed by atoms with Gasteiger partial charge in [0.1, 0.15) is 18.1 Å². The number of aromatic amines is 1. The van der Waals surface area contributed by atoms with Gasteiger partial charge in [0.25, 0.3) is 0 Å². The van der Waals surface area contributed by atoms with Gasteiger partial charge in [-0.2, -0.15) is 5.10 Å². The molecular weight excluding hydrogens is 294 g/mol. The van der Waals surface area contributed by atoms with Gasteiger partial charge in [0.2, 0.25) is 0 Å². The molecule has 0 fully saturated rings. The fourth-order valence-electron chi connectivity index (χ4n) is 2.63. The van der Waals surface area contributed by atoms with E-state index in [2.05, 4.69) is 15.4 Å². The molecule has 0 spiro atoms. The number of aryl methyl sites for hydroxylation is 3. The van der Waals surface area contributed by atoms with Gasteiger partial charge in [-0.1, -0.05) is 11.2 Å². The largest absolute Gasteiger partial charge is 0.490 e. The second-order valence-corrected chi connectivity index (χ2v) is 5.79. The molecule has 1 aromatic carbocycles. The van der Waals surface area contributed by atoms with Crippen molar-refractivity contribution in [2.45, 2.75) is 39.2 Å². The van der Waals surface area contributed by atoms with Gasteiger partial charge in [-0.05, 0) is 38.8 Å². The van der Waals surface area contributed by atoms with Crippen LogP contribution >= 0.6 is 0 Å². The van der Waals surface area contributed by atoms with Gasteiger partial charge in [-0.3, -0.25) is 5.10 Å². The van der Waals surface area contributed by atoms with Gasteiger partial charge in [0, 0.05) is 18.2 Å². The molecule has 0 saturated heterocycles. The second-order valence-electron chi connectivity index (χ2n) is 5.79. The van der Waals surface area contributed by atoms with Crippen molar-refractivity contribution in [1.29, 1.82) is 0 Å². The first-order chi connectivity index (χ1) is 11.1. The number of hydrogen-bond acceptors (Lipinski definition) is 5. The number of nitrogens with zero attached hydrogens (tertiary/aromatic N) is 2. The number of aliphatic hydroxyl groups is 1. The number of H-pyrrole nitrogens is 1. The normalized spacial score (nSPS) is 12.7. The van der Waals surface area contributed by atoms with E-state index in [0.29, 0.717) is 6.42 Å². The van der Waals surface area contributed by atoms with Crippen LogP contribution in [-0.2, 0) is 6.42 Å². The Morgan fingerprint density at radius 2 is 2.22 bits per heavy atom. The van der Waals surface area contributed by atoms with Crippen LogP contribution < -0.4 is 4.74 Å². The number of ether oxygens (including phenoxy) is 1. The first-order valence-corrected chi connectivity index (χ1v) is 7.80. The molecule has 0 bridgehead atoms. The lowest BCUT2D eigenvalue weighted by molar-refractivity contribution is 0.0985. The monoisotopic (exact) mass is 315 g/mol. The third kappa shape index (κ3) is 3.71. The number of nitrogens with one attached hydrogen (secondary N) is 1. The summed E-state index contributed by atoms with van der Waals surface area (Å²) in [5, 5.41) is 22.1. The van der Waals surface area contributed by atoms with Crippen LogP contribution in [0.3, 0.4) is 0 Å². The number of hydrogen-bond donors (Lipinski definition) is 2. The molecule has 3 aromatic rings. The molecule has 0 saturated carbocycles. The Kier molecular flexibility index (Phi) is 4.62. The molecule has 6 nitrogen and oxygen atoms in total. The molecule has 2 N–H and O–H groups in total. The number of aliphatic hydroxyl groups excluding tert-OH is 1. The summed E-state index contributed by atoms with van der Waals surface area (Å²) in [7, 11) is 0. The van der Waals surface area contributed by atoms with Crippen molar-refractivity contribution in [3.8, 4) is 5.75 Å². The van der Waals surface area contributed by atoms with Gasteiger partial charge >= 0.3 is 0 Å². The van der Waals surface area contributed by atoms with Gasteiger partial charge < -0.3 is 14.4 Å². The van der Waals surface area contributed by atoms with Gasteiger partial charge in [0.05, 0.1) is 22.7 Å². The maximum atomic E-state index is 10.1. The molecule has 1 atom stereocenters. The van der Waals surface area contributed by atoms with E-state index < -0.39 is 6.10 Å². The minimum absolute atomic E-state index is 0.263. The Morgan fingerprint density at radius 1 is 1.35 bits per heavy atom. The summed E-state index contributed by atoms with van der Waals surface area (Å²) in [5.41, 5.74) is 2.72. The zero-order chi connectivity index (χ0) is 16.2. The number of rotatable bonds is 7. The molecule has 0 radical (unpaired) electrons. The smallest absolute Gasteiger partial charge is 0.136 e. The van der Waals surface area contributed by atoms with Gasteiger partial charge in [-0.25, -0.2) is 0 Å². The predicted octanol–water partition coefficient (Wildman–Crippen LogP) is 2.93. The summed E-state index contributed by atoms with van der Waals surface area (Å²) in [6, 6.07) is 7.65. The Balaban J connectivity index is 1.50. The van der Waals surface area contributed by atoms with Crippen LogP contribution in [0.4, 0.5) is 0 Å². The van der Waals surface area contributed by atoms with Crippen LogP contribution in [0.25, 0.3) is 10.9 Å². The highest BCUT2D eigenvalue weighted by Gasteiger charge is 2.11. The van der Waals surface area contributed by atoms with Crippen molar-refractivity contribution in [1.82, 2.24) is 15.4 Å². The van der Waals surface area contributed by atoms with Crippen LogP contribution in [0.1, 0.15) is 30.0 Å². The molecular formula is C17H21N3O3. The van der Waals surface area contributed by atoms with Crippen molar-refractivity contribution in [3.63, 3.8) is 0 Å². The van der Waals surface area contributed by atoms with Gasteiger partial charge in [0.15, 0.2) is 0 Å². The van der Waals surface area contributed by atoms with E-state index in [1.165, 1.54) is 0 Å². The molecule has 0 amide bonds. The lowest BCUT2D eigenvalue weighted by atomic mass is 10.1. The average molecular weight is 315 g/mol. The van der Waals surface area contributed by atoms with E-state index >= 15 is 0 Å². The molecule has 0 unspecified atom stereocenters. The summed E-state index contributed by atoms with van der Waals surface area (Å²) in [5.74, 6) is 1.60. The Bertz CT molecular complexity index is 778.